The van der Waals surface area contributed by atoms with E-state index in [-0.39, 0.29) is 31.6 Å². The van der Waals surface area contributed by atoms with Crippen molar-refractivity contribution in [3.05, 3.63) is 146 Å². The number of ether oxygens (including phenoxy) is 3. The van der Waals surface area contributed by atoms with Gasteiger partial charge in [-0.25, -0.2) is 0 Å². The summed E-state index contributed by atoms with van der Waals surface area (Å²) in [6.07, 6.45) is 97.4. The van der Waals surface area contributed by atoms with E-state index in [0.717, 1.165) is 116 Å². The third-order valence-corrected chi connectivity index (χ3v) is 13.8. The number of esters is 3. The van der Waals surface area contributed by atoms with Crippen molar-refractivity contribution in [3.8, 4) is 0 Å². The van der Waals surface area contributed by atoms with Crippen molar-refractivity contribution >= 4 is 17.9 Å². The van der Waals surface area contributed by atoms with Gasteiger partial charge >= 0.3 is 17.9 Å². The van der Waals surface area contributed by atoms with E-state index in [0.29, 0.717) is 12.8 Å². The number of rotatable bonds is 59. The van der Waals surface area contributed by atoms with Crippen LogP contribution in [0.5, 0.6) is 0 Å². The Morgan fingerprint density at radius 1 is 0.272 bits per heavy atom. The number of carbonyl (C=O) groups excluding carboxylic acids is 3. The molecule has 0 saturated heterocycles. The fourth-order valence-corrected chi connectivity index (χ4v) is 8.93. The molecule has 6 nitrogen and oxygen atoms in total. The highest BCUT2D eigenvalue weighted by atomic mass is 16.6. The summed E-state index contributed by atoms with van der Waals surface area (Å²) in [5.41, 5.74) is 0. The molecule has 1 unspecified atom stereocenters. The first-order valence-electron chi connectivity index (χ1n) is 33.3. The zero-order valence-electron chi connectivity index (χ0n) is 52.5. The molecular weight excluding hydrogens is 997 g/mol. The molecule has 458 valence electrons. The minimum absolute atomic E-state index is 0.115. The molecule has 0 aliphatic carbocycles. The largest absolute Gasteiger partial charge is 0.462 e. The third kappa shape index (κ3) is 66.0. The fourth-order valence-electron chi connectivity index (χ4n) is 8.93. The van der Waals surface area contributed by atoms with Gasteiger partial charge < -0.3 is 14.2 Å². The first kappa shape index (κ1) is 76.3. The van der Waals surface area contributed by atoms with E-state index in [4.69, 9.17) is 14.2 Å². The van der Waals surface area contributed by atoms with Crippen LogP contribution in [0.3, 0.4) is 0 Å². The Morgan fingerprint density at radius 2 is 0.531 bits per heavy atom. The van der Waals surface area contributed by atoms with Crippen molar-refractivity contribution in [1.82, 2.24) is 0 Å². The quantitative estimate of drug-likeness (QED) is 0.0261. The molecule has 81 heavy (non-hydrogen) atoms. The highest BCUT2D eigenvalue weighted by Crippen LogP contribution is 2.16. The van der Waals surface area contributed by atoms with Gasteiger partial charge in [0.1, 0.15) is 13.2 Å². The first-order valence-corrected chi connectivity index (χ1v) is 33.3. The van der Waals surface area contributed by atoms with Crippen LogP contribution in [0.25, 0.3) is 0 Å². The van der Waals surface area contributed by atoms with Gasteiger partial charge in [-0.1, -0.05) is 295 Å². The van der Waals surface area contributed by atoms with Crippen LogP contribution in [-0.2, 0) is 28.6 Å². The van der Waals surface area contributed by atoms with Gasteiger partial charge in [0.05, 0.1) is 6.42 Å². The molecule has 0 spiro atoms. The molecule has 0 aliphatic heterocycles. The zero-order valence-corrected chi connectivity index (χ0v) is 52.5. The summed E-state index contributed by atoms with van der Waals surface area (Å²) < 4.78 is 16.8. The molecule has 0 N–H and O–H groups in total. The van der Waals surface area contributed by atoms with Crippen LogP contribution < -0.4 is 0 Å². The van der Waals surface area contributed by atoms with Gasteiger partial charge in [0, 0.05) is 12.8 Å². The Morgan fingerprint density at radius 3 is 0.877 bits per heavy atom. The van der Waals surface area contributed by atoms with Gasteiger partial charge in [-0.15, -0.1) is 0 Å². The molecule has 0 aromatic carbocycles. The number of unbranched alkanes of at least 4 members (excludes halogenated alkanes) is 25. The molecule has 0 heterocycles. The normalized spacial score (nSPS) is 13.1. The van der Waals surface area contributed by atoms with Gasteiger partial charge in [0.25, 0.3) is 0 Å². The van der Waals surface area contributed by atoms with Gasteiger partial charge in [-0.05, 0) is 122 Å². The Labute approximate surface area is 499 Å². The fraction of sp³-hybridized carbons (Fsp3) is 0.640. The maximum Gasteiger partial charge on any atom is 0.309 e. The second kappa shape index (κ2) is 67.8. The van der Waals surface area contributed by atoms with E-state index in [1.807, 2.05) is 6.08 Å². The molecule has 0 aliphatic rings. The maximum atomic E-state index is 12.9. The van der Waals surface area contributed by atoms with E-state index >= 15 is 0 Å². The summed E-state index contributed by atoms with van der Waals surface area (Å²) in [5, 5.41) is 0. The van der Waals surface area contributed by atoms with Crippen LogP contribution in [0.2, 0.25) is 0 Å². The second-order valence-electron chi connectivity index (χ2n) is 21.6. The van der Waals surface area contributed by atoms with Gasteiger partial charge in [-0.3, -0.25) is 14.4 Å². The molecule has 1 atom stereocenters. The molecule has 0 aromatic heterocycles. The van der Waals surface area contributed by atoms with Crippen molar-refractivity contribution in [2.75, 3.05) is 13.2 Å². The highest BCUT2D eigenvalue weighted by molar-refractivity contribution is 5.72. The molecular formula is C75H122O6. The average molecular weight is 1120 g/mol. The lowest BCUT2D eigenvalue weighted by atomic mass is 10.1. The van der Waals surface area contributed by atoms with Gasteiger partial charge in [-0.2, -0.15) is 0 Å². The maximum absolute atomic E-state index is 12.9. The summed E-state index contributed by atoms with van der Waals surface area (Å²) in [4.78, 5) is 38.3. The van der Waals surface area contributed by atoms with Gasteiger partial charge in [0.2, 0.25) is 0 Å². The molecule has 0 saturated carbocycles. The molecule has 0 radical (unpaired) electrons. The second-order valence-corrected chi connectivity index (χ2v) is 21.6. The molecule has 0 fully saturated rings. The molecule has 0 aromatic rings. The molecule has 0 amide bonds. The Balaban J connectivity index is 4.40. The number of allylic oxidation sites excluding steroid dienone is 23. The average Bonchev–Trinajstić information content (AvgIpc) is 3.47. The van der Waals surface area contributed by atoms with E-state index in [9.17, 15) is 14.4 Å². The third-order valence-electron chi connectivity index (χ3n) is 13.8. The zero-order chi connectivity index (χ0) is 58.5. The summed E-state index contributed by atoms with van der Waals surface area (Å²) >= 11 is 0. The van der Waals surface area contributed by atoms with E-state index in [2.05, 4.69) is 154 Å². The van der Waals surface area contributed by atoms with Crippen LogP contribution in [-0.4, -0.2) is 37.2 Å². The van der Waals surface area contributed by atoms with Crippen LogP contribution in [0.1, 0.15) is 290 Å². The predicted octanol–water partition coefficient (Wildman–Crippen LogP) is 23.1. The monoisotopic (exact) mass is 1120 g/mol. The SMILES string of the molecule is CC/C=C\C/C=C\C/C=C\C/C=C\C/C=C\C/C=C\CCCCCCCCCCCCC(=O)OCC(COC(=O)C/C=C\C/C=C\C/C=C\C/C=C\C/C=C\CC)OC(=O)CCCCCCCCCCC/C=C\CCCCCCCC. The van der Waals surface area contributed by atoms with Crippen LogP contribution in [0, 0.1) is 0 Å². The summed E-state index contributed by atoms with van der Waals surface area (Å²) in [7, 11) is 0. The Kier molecular flexibility index (Phi) is 63.9. The summed E-state index contributed by atoms with van der Waals surface area (Å²) in [6, 6.07) is 0. The lowest BCUT2D eigenvalue weighted by Gasteiger charge is -2.18. The highest BCUT2D eigenvalue weighted by Gasteiger charge is 2.19. The van der Waals surface area contributed by atoms with Crippen molar-refractivity contribution in [3.63, 3.8) is 0 Å². The smallest absolute Gasteiger partial charge is 0.309 e. The van der Waals surface area contributed by atoms with Crippen molar-refractivity contribution in [1.29, 1.82) is 0 Å². The molecule has 0 rings (SSSR count). The van der Waals surface area contributed by atoms with Crippen LogP contribution in [0.4, 0.5) is 0 Å². The number of carbonyl (C=O) groups is 3. The van der Waals surface area contributed by atoms with E-state index < -0.39 is 12.1 Å². The summed E-state index contributed by atoms with van der Waals surface area (Å²) in [5.74, 6) is -1.05. The minimum atomic E-state index is -0.828. The lowest BCUT2D eigenvalue weighted by molar-refractivity contribution is -0.166. The predicted molar refractivity (Wildman–Crippen MR) is 352 cm³/mol. The Bertz CT molecular complexity index is 1760. The lowest BCUT2D eigenvalue weighted by Crippen LogP contribution is -2.30. The van der Waals surface area contributed by atoms with Crippen molar-refractivity contribution in [2.24, 2.45) is 0 Å². The number of hydrogen-bond acceptors (Lipinski definition) is 6. The molecule has 0 bridgehead atoms. The van der Waals surface area contributed by atoms with Crippen LogP contribution in [0.15, 0.2) is 146 Å². The van der Waals surface area contributed by atoms with E-state index in [1.165, 1.54) is 135 Å². The minimum Gasteiger partial charge on any atom is -0.462 e. The Hall–Kier alpha value is -4.71. The topological polar surface area (TPSA) is 78.9 Å². The summed E-state index contributed by atoms with van der Waals surface area (Å²) in [6.45, 7) is 6.33. The first-order chi connectivity index (χ1) is 40.0. The standard InChI is InChI=1S/C75H122O6/c1-4-7-10-13-16-19-22-25-28-30-32-33-34-35-36-37-38-39-40-41-43-44-47-50-53-56-59-62-65-68-74(77)80-71-72(70-79-73(76)67-64-61-58-55-52-49-46-27-24-21-18-15-12-9-6-3)81-75(78)69-66-63-60-57-54-51-48-45-42-31-29-26-23-20-17-14-11-8-5-2/h7,9-10,12,16,18-19,21,25-29,32-33,35-36,38-39,46,52,55,61,64,72H,4-6,8,11,13-15,17,20,22-24,30-31,34,37,40-45,47-51,53-54,56-60,62-63,65-71H2,1-3H3/b10-7-,12-9-,19-16-,21-18-,28-25-,29-26-,33-32-,36-35-,39-38-,46-27-,55-52-,64-61-. The van der Waals surface area contributed by atoms with Gasteiger partial charge in [0.15, 0.2) is 6.10 Å². The van der Waals surface area contributed by atoms with Crippen molar-refractivity contribution in [2.45, 2.75) is 297 Å². The van der Waals surface area contributed by atoms with Crippen LogP contribution >= 0.6 is 0 Å². The van der Waals surface area contributed by atoms with Crippen molar-refractivity contribution < 1.29 is 28.6 Å². The number of hydrogen-bond donors (Lipinski definition) is 0. The van der Waals surface area contributed by atoms with E-state index in [1.54, 1.807) is 6.08 Å². The molecule has 6 heteroatoms.